The summed E-state index contributed by atoms with van der Waals surface area (Å²) in [7, 11) is 0. The number of rotatable bonds is 5. The van der Waals surface area contributed by atoms with Crippen LogP contribution in [0.25, 0.3) is 0 Å². The maximum Gasteiger partial charge on any atom is 0.257 e. The molecular weight excluding hydrogens is 226 g/mol. The molecule has 0 aliphatic rings. The van der Waals surface area contributed by atoms with Crippen molar-refractivity contribution in [3.05, 3.63) is 29.3 Å². The molecule has 1 amide bonds. The van der Waals surface area contributed by atoms with E-state index in [-0.39, 0.29) is 11.7 Å². The average Bonchev–Trinajstić information content (AvgIpc) is 2.37. The topological polar surface area (TPSA) is 40.5 Å². The highest BCUT2D eigenvalue weighted by Crippen LogP contribution is 2.20. The van der Waals surface area contributed by atoms with Gasteiger partial charge in [-0.15, -0.1) is 0 Å². The highest BCUT2D eigenvalue weighted by molar-refractivity contribution is 5.97. The number of aryl methyl sites for hydroxylation is 1. The van der Waals surface area contributed by atoms with E-state index in [9.17, 15) is 9.90 Å². The van der Waals surface area contributed by atoms with E-state index in [0.717, 1.165) is 18.5 Å². The Morgan fingerprint density at radius 1 is 1.39 bits per heavy atom. The van der Waals surface area contributed by atoms with E-state index in [1.807, 2.05) is 13.8 Å². The first-order chi connectivity index (χ1) is 8.49. The minimum absolute atomic E-state index is 0.0631. The van der Waals surface area contributed by atoms with Crippen molar-refractivity contribution < 1.29 is 9.90 Å². The Kier molecular flexibility index (Phi) is 5.20. The number of phenols is 1. The van der Waals surface area contributed by atoms with Crippen molar-refractivity contribution in [3.8, 4) is 5.75 Å². The molecule has 1 rings (SSSR count). The van der Waals surface area contributed by atoms with E-state index >= 15 is 0 Å². The van der Waals surface area contributed by atoms with Gasteiger partial charge in [0.05, 0.1) is 5.56 Å². The van der Waals surface area contributed by atoms with Crippen molar-refractivity contribution >= 4 is 5.91 Å². The van der Waals surface area contributed by atoms with Crippen molar-refractivity contribution in [1.82, 2.24) is 4.90 Å². The molecule has 1 atom stereocenters. The first kappa shape index (κ1) is 14.6. The molecule has 1 unspecified atom stereocenters. The number of carbonyl (C=O) groups excluding carboxylic acids is 1. The molecule has 1 N–H and O–H groups in total. The molecular formula is C15H23NO2. The van der Waals surface area contributed by atoms with Crippen molar-refractivity contribution in [2.24, 2.45) is 5.92 Å². The molecule has 0 aliphatic carbocycles. The number of amides is 1. The summed E-state index contributed by atoms with van der Waals surface area (Å²) in [5, 5.41) is 9.79. The van der Waals surface area contributed by atoms with Crippen LogP contribution in [0.5, 0.6) is 5.75 Å². The van der Waals surface area contributed by atoms with Gasteiger partial charge in [-0.3, -0.25) is 4.79 Å². The minimum Gasteiger partial charge on any atom is -0.507 e. The van der Waals surface area contributed by atoms with Crippen molar-refractivity contribution in [3.63, 3.8) is 0 Å². The Bertz CT molecular complexity index is 415. The highest BCUT2D eigenvalue weighted by atomic mass is 16.3. The standard InChI is InChI=1S/C15H23NO2/c1-5-11(3)10-16(6-2)15(18)13-9-12(4)7-8-14(13)17/h7-9,11,17H,5-6,10H2,1-4H3. The zero-order chi connectivity index (χ0) is 13.7. The van der Waals surface area contributed by atoms with Gasteiger partial charge in [0.15, 0.2) is 0 Å². The molecule has 1 aromatic carbocycles. The molecule has 3 nitrogen and oxygen atoms in total. The van der Waals surface area contributed by atoms with E-state index in [1.54, 1.807) is 23.1 Å². The summed E-state index contributed by atoms with van der Waals surface area (Å²) < 4.78 is 0. The lowest BCUT2D eigenvalue weighted by molar-refractivity contribution is 0.0737. The molecule has 0 fully saturated rings. The maximum atomic E-state index is 12.4. The second kappa shape index (κ2) is 6.43. The Balaban J connectivity index is 2.92. The molecule has 0 radical (unpaired) electrons. The molecule has 100 valence electrons. The monoisotopic (exact) mass is 249 g/mol. The number of nitrogens with zero attached hydrogens (tertiary/aromatic N) is 1. The predicted octanol–water partition coefficient (Wildman–Crippen LogP) is 3.21. The Labute approximate surface area is 109 Å². The van der Waals surface area contributed by atoms with Gasteiger partial charge in [0.2, 0.25) is 0 Å². The minimum atomic E-state index is -0.0843. The van der Waals surface area contributed by atoms with Gasteiger partial charge in [-0.1, -0.05) is 31.9 Å². The van der Waals surface area contributed by atoms with Crippen LogP contribution in [-0.2, 0) is 0 Å². The SMILES string of the molecule is CCC(C)CN(CC)C(=O)c1cc(C)ccc1O. The number of hydrogen-bond donors (Lipinski definition) is 1. The molecule has 0 heterocycles. The Hall–Kier alpha value is -1.51. The second-order valence-electron chi connectivity index (χ2n) is 4.88. The first-order valence-electron chi connectivity index (χ1n) is 6.58. The van der Waals surface area contributed by atoms with Crippen LogP contribution in [-0.4, -0.2) is 29.0 Å². The van der Waals surface area contributed by atoms with Crippen LogP contribution in [0.4, 0.5) is 0 Å². The number of phenolic OH excluding ortho intramolecular Hbond substituents is 1. The molecule has 3 heteroatoms. The summed E-state index contributed by atoms with van der Waals surface area (Å²) >= 11 is 0. The predicted molar refractivity (Wildman–Crippen MR) is 73.9 cm³/mol. The fourth-order valence-corrected chi connectivity index (χ4v) is 1.85. The third-order valence-corrected chi connectivity index (χ3v) is 3.28. The maximum absolute atomic E-state index is 12.4. The normalized spacial score (nSPS) is 12.2. The zero-order valence-electron chi connectivity index (χ0n) is 11.7. The molecule has 1 aromatic rings. The van der Waals surface area contributed by atoms with Crippen LogP contribution in [0.3, 0.4) is 0 Å². The van der Waals surface area contributed by atoms with Crippen molar-refractivity contribution in [2.75, 3.05) is 13.1 Å². The third-order valence-electron chi connectivity index (χ3n) is 3.28. The van der Waals surface area contributed by atoms with Crippen molar-refractivity contribution in [2.45, 2.75) is 34.1 Å². The summed E-state index contributed by atoms with van der Waals surface area (Å²) in [6.45, 7) is 9.53. The lowest BCUT2D eigenvalue weighted by Crippen LogP contribution is -2.34. The lowest BCUT2D eigenvalue weighted by atomic mass is 10.1. The first-order valence-corrected chi connectivity index (χ1v) is 6.58. The van der Waals surface area contributed by atoms with Gasteiger partial charge in [0, 0.05) is 13.1 Å². The molecule has 0 saturated carbocycles. The number of carbonyl (C=O) groups is 1. The van der Waals surface area contributed by atoms with Crippen LogP contribution in [0, 0.1) is 12.8 Å². The van der Waals surface area contributed by atoms with Crippen LogP contribution >= 0.6 is 0 Å². The highest BCUT2D eigenvalue weighted by Gasteiger charge is 2.19. The summed E-state index contributed by atoms with van der Waals surface area (Å²) in [6.07, 6.45) is 1.05. The van der Waals surface area contributed by atoms with E-state index in [2.05, 4.69) is 13.8 Å². The van der Waals surface area contributed by atoms with Crippen molar-refractivity contribution in [1.29, 1.82) is 0 Å². The Morgan fingerprint density at radius 2 is 2.06 bits per heavy atom. The quantitative estimate of drug-likeness (QED) is 0.870. The van der Waals surface area contributed by atoms with Crippen LogP contribution < -0.4 is 0 Å². The van der Waals surface area contributed by atoms with E-state index in [0.29, 0.717) is 18.0 Å². The third kappa shape index (κ3) is 3.49. The van der Waals surface area contributed by atoms with Gasteiger partial charge < -0.3 is 10.0 Å². The van der Waals surface area contributed by atoms with Gasteiger partial charge in [0.25, 0.3) is 5.91 Å². The molecule has 0 spiro atoms. The molecule has 0 aliphatic heterocycles. The zero-order valence-corrected chi connectivity index (χ0v) is 11.7. The van der Waals surface area contributed by atoms with E-state index < -0.39 is 0 Å². The van der Waals surface area contributed by atoms with Gasteiger partial charge in [-0.25, -0.2) is 0 Å². The van der Waals surface area contributed by atoms with Gasteiger partial charge in [-0.05, 0) is 31.9 Å². The van der Waals surface area contributed by atoms with Gasteiger partial charge in [0.1, 0.15) is 5.75 Å². The number of benzene rings is 1. The number of hydrogen-bond acceptors (Lipinski definition) is 2. The van der Waals surface area contributed by atoms with Gasteiger partial charge >= 0.3 is 0 Å². The van der Waals surface area contributed by atoms with E-state index in [1.165, 1.54) is 0 Å². The van der Waals surface area contributed by atoms with Gasteiger partial charge in [-0.2, -0.15) is 0 Å². The van der Waals surface area contributed by atoms with E-state index in [4.69, 9.17) is 0 Å². The van der Waals surface area contributed by atoms with Crippen LogP contribution in [0.1, 0.15) is 43.1 Å². The summed E-state index contributed by atoms with van der Waals surface area (Å²) in [4.78, 5) is 14.2. The summed E-state index contributed by atoms with van der Waals surface area (Å²) in [5.41, 5.74) is 1.39. The lowest BCUT2D eigenvalue weighted by Gasteiger charge is -2.24. The fraction of sp³-hybridized carbons (Fsp3) is 0.533. The Morgan fingerprint density at radius 3 is 2.61 bits per heavy atom. The molecule has 0 bridgehead atoms. The summed E-state index contributed by atoms with van der Waals surface area (Å²) in [6, 6.07) is 5.13. The molecule has 18 heavy (non-hydrogen) atoms. The number of aromatic hydroxyl groups is 1. The largest absolute Gasteiger partial charge is 0.507 e. The fourth-order valence-electron chi connectivity index (χ4n) is 1.85. The summed E-state index contributed by atoms with van der Waals surface area (Å²) in [5.74, 6) is 0.452. The molecule has 0 aromatic heterocycles. The van der Waals surface area contributed by atoms with Crippen LogP contribution in [0.2, 0.25) is 0 Å². The molecule has 0 saturated heterocycles. The second-order valence-corrected chi connectivity index (χ2v) is 4.88. The smallest absolute Gasteiger partial charge is 0.257 e. The average molecular weight is 249 g/mol. The van der Waals surface area contributed by atoms with Crippen LogP contribution in [0.15, 0.2) is 18.2 Å².